The van der Waals surface area contributed by atoms with Gasteiger partial charge >= 0.3 is 0 Å². The average Bonchev–Trinajstić information content (AvgIpc) is 2.85. The first-order chi connectivity index (χ1) is 16.8. The van der Waals surface area contributed by atoms with E-state index >= 15 is 0 Å². The molecule has 1 aromatic heterocycles. The number of methoxy groups -OCH3 is 1. The Balaban J connectivity index is 1.60. The van der Waals surface area contributed by atoms with Crippen LogP contribution in [0.15, 0.2) is 66.9 Å². The van der Waals surface area contributed by atoms with E-state index in [0.717, 1.165) is 16.9 Å². The van der Waals surface area contributed by atoms with Crippen molar-refractivity contribution in [2.24, 2.45) is 0 Å². The molecule has 1 atom stereocenters. The minimum Gasteiger partial charge on any atom is -0.390 e. The van der Waals surface area contributed by atoms with Gasteiger partial charge in [0, 0.05) is 31.1 Å². The van der Waals surface area contributed by atoms with E-state index in [1.54, 1.807) is 27.2 Å². The van der Waals surface area contributed by atoms with Crippen LogP contribution in [-0.2, 0) is 14.3 Å². The summed E-state index contributed by atoms with van der Waals surface area (Å²) in [7, 11) is 1.66. The Morgan fingerprint density at radius 2 is 1.94 bits per heavy atom. The lowest BCUT2D eigenvalue weighted by Gasteiger charge is -2.41. The van der Waals surface area contributed by atoms with E-state index in [9.17, 15) is 9.90 Å². The van der Waals surface area contributed by atoms with E-state index in [-0.39, 0.29) is 18.6 Å². The van der Waals surface area contributed by atoms with Crippen molar-refractivity contribution < 1.29 is 19.4 Å². The second kappa shape index (κ2) is 10.9. The van der Waals surface area contributed by atoms with Crippen LogP contribution in [-0.4, -0.2) is 64.7 Å². The maximum atomic E-state index is 12.1. The summed E-state index contributed by atoms with van der Waals surface area (Å²) in [4.78, 5) is 21.5. The zero-order valence-corrected chi connectivity index (χ0v) is 20.2. The van der Waals surface area contributed by atoms with Crippen LogP contribution in [0.1, 0.15) is 20.3 Å². The van der Waals surface area contributed by atoms with Gasteiger partial charge in [-0.2, -0.15) is 5.01 Å². The number of aromatic nitrogens is 2. The molecule has 0 aliphatic carbocycles. The van der Waals surface area contributed by atoms with Crippen LogP contribution in [0.4, 0.5) is 17.3 Å². The van der Waals surface area contributed by atoms with Gasteiger partial charge in [-0.1, -0.05) is 30.3 Å². The summed E-state index contributed by atoms with van der Waals surface area (Å²) in [6.07, 6.45) is 1.47. The Labute approximate surface area is 205 Å². The largest absolute Gasteiger partial charge is 0.390 e. The van der Waals surface area contributed by atoms with E-state index < -0.39 is 5.60 Å². The van der Waals surface area contributed by atoms with E-state index in [2.05, 4.69) is 15.3 Å². The summed E-state index contributed by atoms with van der Waals surface area (Å²) in [5.41, 5.74) is 2.13. The molecule has 9 nitrogen and oxygen atoms in total. The third-order valence-corrected chi connectivity index (χ3v) is 5.48. The van der Waals surface area contributed by atoms with Crippen molar-refractivity contribution in [3.63, 3.8) is 0 Å². The van der Waals surface area contributed by atoms with Gasteiger partial charge in [-0.05, 0) is 44.2 Å². The summed E-state index contributed by atoms with van der Waals surface area (Å²) in [6.45, 7) is 4.85. The number of nitrogens with zero attached hydrogens (tertiary/aromatic N) is 4. The molecule has 1 fully saturated rings. The minimum atomic E-state index is -1.06. The van der Waals surface area contributed by atoms with Gasteiger partial charge in [-0.3, -0.25) is 4.79 Å². The van der Waals surface area contributed by atoms with E-state index in [0.29, 0.717) is 31.4 Å². The van der Waals surface area contributed by atoms with Crippen LogP contribution in [0, 0.1) is 0 Å². The highest BCUT2D eigenvalue weighted by atomic mass is 16.5. The topological polar surface area (TPSA) is 100 Å². The first-order valence-corrected chi connectivity index (χ1v) is 11.5. The fourth-order valence-corrected chi connectivity index (χ4v) is 3.87. The maximum absolute atomic E-state index is 12.1. The summed E-state index contributed by atoms with van der Waals surface area (Å²) in [5, 5.41) is 16.7. The van der Waals surface area contributed by atoms with Crippen LogP contribution in [0.3, 0.4) is 0 Å². The summed E-state index contributed by atoms with van der Waals surface area (Å²) >= 11 is 0. The van der Waals surface area contributed by atoms with Gasteiger partial charge in [-0.25, -0.2) is 15.0 Å². The lowest BCUT2D eigenvalue weighted by atomic mass is 10.1. The Morgan fingerprint density at radius 3 is 2.63 bits per heavy atom. The van der Waals surface area contributed by atoms with Crippen molar-refractivity contribution in [3.8, 4) is 11.3 Å². The number of ether oxygens (including phenoxy) is 2. The number of hydrogen-bond acceptors (Lipinski definition) is 8. The van der Waals surface area contributed by atoms with Crippen molar-refractivity contribution in [3.05, 3.63) is 66.9 Å². The number of anilines is 3. The molecule has 0 spiro atoms. The number of hydrazine groups is 1. The van der Waals surface area contributed by atoms with Gasteiger partial charge in [-0.15, -0.1) is 0 Å². The maximum Gasteiger partial charge on any atom is 0.245 e. The third-order valence-electron chi connectivity index (χ3n) is 5.48. The number of morpholine rings is 1. The lowest BCUT2D eigenvalue weighted by Crippen LogP contribution is -2.54. The van der Waals surface area contributed by atoms with Gasteiger partial charge in [0.2, 0.25) is 11.9 Å². The lowest BCUT2D eigenvalue weighted by molar-refractivity contribution is -0.124. The normalized spacial score (nSPS) is 16.6. The molecule has 35 heavy (non-hydrogen) atoms. The summed E-state index contributed by atoms with van der Waals surface area (Å²) in [6, 6.07) is 19.2. The molecule has 1 aliphatic heterocycles. The second-order valence-electron chi connectivity index (χ2n) is 8.93. The van der Waals surface area contributed by atoms with Crippen molar-refractivity contribution in [2.45, 2.75) is 32.1 Å². The fraction of sp³-hybridized carbons (Fsp3) is 0.346. The minimum absolute atomic E-state index is 0.0172. The first-order valence-electron chi connectivity index (χ1n) is 11.5. The van der Waals surface area contributed by atoms with Gasteiger partial charge < -0.3 is 19.9 Å². The number of nitrogens with one attached hydrogen (secondary N) is 1. The molecule has 2 heterocycles. The van der Waals surface area contributed by atoms with Gasteiger partial charge in [0.05, 0.1) is 36.6 Å². The monoisotopic (exact) mass is 477 g/mol. The van der Waals surface area contributed by atoms with E-state index in [1.165, 1.54) is 0 Å². The molecule has 0 bridgehead atoms. The van der Waals surface area contributed by atoms with E-state index in [1.807, 2.05) is 65.7 Å². The fourth-order valence-electron chi connectivity index (χ4n) is 3.87. The van der Waals surface area contributed by atoms with E-state index in [4.69, 9.17) is 14.5 Å². The van der Waals surface area contributed by atoms with Crippen molar-refractivity contribution in [1.29, 1.82) is 0 Å². The molecule has 184 valence electrons. The third kappa shape index (κ3) is 6.40. The molecule has 4 rings (SSSR count). The predicted molar refractivity (Wildman–Crippen MR) is 134 cm³/mol. The molecule has 2 aromatic carbocycles. The van der Waals surface area contributed by atoms with Crippen molar-refractivity contribution in [1.82, 2.24) is 15.0 Å². The molecule has 1 aliphatic rings. The van der Waals surface area contributed by atoms with Gasteiger partial charge in [0.25, 0.3) is 0 Å². The number of rotatable bonds is 8. The zero-order chi connectivity index (χ0) is 24.8. The highest BCUT2D eigenvalue weighted by molar-refractivity contribution is 5.91. The quantitative estimate of drug-likeness (QED) is 0.508. The van der Waals surface area contributed by atoms with Crippen LogP contribution in [0.5, 0.6) is 0 Å². The first kappa shape index (κ1) is 24.7. The number of carbonyl (C=O) groups excluding carboxylic acids is 1. The Bertz CT molecular complexity index is 1120. The number of hydrogen-bond donors (Lipinski definition) is 2. The smallest absolute Gasteiger partial charge is 0.245 e. The zero-order valence-electron chi connectivity index (χ0n) is 20.2. The van der Waals surface area contributed by atoms with Crippen LogP contribution in [0.2, 0.25) is 0 Å². The Kier molecular flexibility index (Phi) is 7.72. The van der Waals surface area contributed by atoms with Crippen LogP contribution >= 0.6 is 0 Å². The molecule has 1 saturated heterocycles. The molecule has 9 heteroatoms. The second-order valence-corrected chi connectivity index (χ2v) is 8.93. The van der Waals surface area contributed by atoms with Crippen molar-refractivity contribution >= 4 is 23.2 Å². The number of carbonyl (C=O) groups is 1. The molecular weight excluding hydrogens is 446 g/mol. The van der Waals surface area contributed by atoms with Crippen LogP contribution in [0.25, 0.3) is 11.3 Å². The molecule has 1 amide bonds. The number of benzene rings is 2. The molecule has 0 radical (unpaired) electrons. The molecule has 3 aromatic rings. The summed E-state index contributed by atoms with van der Waals surface area (Å²) in [5.74, 6) is 0.270. The number of aliphatic hydroxyl groups is 1. The van der Waals surface area contributed by atoms with Crippen LogP contribution < -0.4 is 10.3 Å². The average molecular weight is 478 g/mol. The Morgan fingerprint density at radius 1 is 1.20 bits per heavy atom. The SMILES string of the molecule is COC1COCCN1N(c1ccccc1)c1nccc(-c2ccc(NC(=O)CC(C)(C)O)cc2)n1. The highest BCUT2D eigenvalue weighted by Crippen LogP contribution is 2.29. The molecule has 1 unspecified atom stereocenters. The van der Waals surface area contributed by atoms with Crippen molar-refractivity contribution in [2.75, 3.05) is 37.2 Å². The Hall–Kier alpha value is -3.37. The van der Waals surface area contributed by atoms with Gasteiger partial charge in [0.1, 0.15) is 0 Å². The summed E-state index contributed by atoms with van der Waals surface area (Å²) < 4.78 is 11.3. The molecule has 2 N–H and O–H groups in total. The van der Waals surface area contributed by atoms with Gasteiger partial charge in [0.15, 0.2) is 6.23 Å². The standard InChI is InChI=1S/C26H31N5O4/c1-26(2,33)17-23(32)28-20-11-9-19(10-12-20)22-13-14-27-25(29-22)31(21-7-5-4-6-8-21)30-15-16-35-18-24(30)34-3/h4-14,24,33H,15-18H2,1-3H3,(H,28,32). The molecular formula is C26H31N5O4. The number of para-hydroxylation sites is 1. The predicted octanol–water partition coefficient (Wildman–Crippen LogP) is 3.60. The highest BCUT2D eigenvalue weighted by Gasteiger charge is 2.31. The molecule has 0 saturated carbocycles. The number of amides is 1.